The number of hydrogen-bond donors (Lipinski definition) is 1. The van der Waals surface area contributed by atoms with E-state index in [2.05, 4.69) is 17.4 Å². The maximum absolute atomic E-state index is 12.1. The van der Waals surface area contributed by atoms with Crippen molar-refractivity contribution in [3.8, 4) is 0 Å². The van der Waals surface area contributed by atoms with E-state index >= 15 is 0 Å². The van der Waals surface area contributed by atoms with Crippen LogP contribution in [0.2, 0.25) is 5.02 Å². The van der Waals surface area contributed by atoms with Gasteiger partial charge in [-0.3, -0.25) is 0 Å². The number of halogens is 1. The van der Waals surface area contributed by atoms with Gasteiger partial charge < -0.3 is 15.0 Å². The van der Waals surface area contributed by atoms with Gasteiger partial charge in [0.1, 0.15) is 5.60 Å². The highest BCUT2D eigenvalue weighted by Gasteiger charge is 2.29. The van der Waals surface area contributed by atoms with Crippen LogP contribution in [-0.4, -0.2) is 42.3 Å². The number of carbonyl (C=O) groups excluding carboxylic acids is 1. The van der Waals surface area contributed by atoms with Crippen molar-refractivity contribution in [2.45, 2.75) is 64.5 Å². The molecule has 1 aromatic rings. The van der Waals surface area contributed by atoms with Crippen molar-refractivity contribution in [1.29, 1.82) is 0 Å². The van der Waals surface area contributed by atoms with E-state index in [0.29, 0.717) is 18.5 Å². The third-order valence-corrected chi connectivity index (χ3v) is 4.76. The van der Waals surface area contributed by atoms with E-state index in [4.69, 9.17) is 16.3 Å². The van der Waals surface area contributed by atoms with Gasteiger partial charge in [-0.05, 0) is 77.1 Å². The van der Waals surface area contributed by atoms with Crippen LogP contribution in [-0.2, 0) is 4.74 Å². The molecule has 0 spiro atoms. The number of ether oxygens (including phenoxy) is 1. The molecule has 140 valence electrons. The van der Waals surface area contributed by atoms with Gasteiger partial charge in [0, 0.05) is 24.2 Å². The van der Waals surface area contributed by atoms with Crippen LogP contribution in [0.15, 0.2) is 24.3 Å². The highest BCUT2D eigenvalue weighted by molar-refractivity contribution is 6.30. The molecule has 0 atom stereocenters. The molecule has 0 radical (unpaired) electrons. The predicted octanol–water partition coefficient (Wildman–Crippen LogP) is 4.82. The Labute approximate surface area is 156 Å². The maximum atomic E-state index is 12.1. The standard InChI is InChI=1S/C20H31ClN2O2/c1-5-23(19(24)25-20(2,3)4)11-7-10-22-18-13-16(14-18)15-8-6-9-17(21)12-15/h6,8-9,12,16,18,22H,5,7,10-11,13-14H2,1-4H3. The lowest BCUT2D eigenvalue weighted by molar-refractivity contribution is 0.0258. The van der Waals surface area contributed by atoms with E-state index in [1.165, 1.54) is 5.56 Å². The third-order valence-electron chi connectivity index (χ3n) is 4.53. The number of nitrogens with one attached hydrogen (secondary N) is 1. The second kappa shape index (κ2) is 8.91. The van der Waals surface area contributed by atoms with Crippen molar-refractivity contribution in [3.63, 3.8) is 0 Å². The van der Waals surface area contributed by atoms with Gasteiger partial charge in [-0.2, -0.15) is 0 Å². The fourth-order valence-corrected chi connectivity index (χ4v) is 3.30. The van der Waals surface area contributed by atoms with E-state index in [0.717, 1.165) is 37.4 Å². The number of hydrogen-bond acceptors (Lipinski definition) is 3. The molecule has 1 aliphatic rings. The molecular formula is C20H31ClN2O2. The van der Waals surface area contributed by atoms with Crippen molar-refractivity contribution in [2.75, 3.05) is 19.6 Å². The average molecular weight is 367 g/mol. The number of carbonyl (C=O) groups is 1. The van der Waals surface area contributed by atoms with Gasteiger partial charge in [0.05, 0.1) is 0 Å². The smallest absolute Gasteiger partial charge is 0.410 e. The largest absolute Gasteiger partial charge is 0.444 e. The fourth-order valence-electron chi connectivity index (χ4n) is 3.10. The third kappa shape index (κ3) is 6.52. The molecule has 1 saturated carbocycles. The molecule has 1 aliphatic carbocycles. The molecule has 1 fully saturated rings. The molecular weight excluding hydrogens is 336 g/mol. The second-order valence-electron chi connectivity index (χ2n) is 7.79. The Morgan fingerprint density at radius 1 is 1.36 bits per heavy atom. The molecule has 0 saturated heterocycles. The SMILES string of the molecule is CCN(CCCNC1CC(c2cccc(Cl)c2)C1)C(=O)OC(C)(C)C. The van der Waals surface area contributed by atoms with Crippen molar-refractivity contribution in [2.24, 2.45) is 0 Å². The van der Waals surface area contributed by atoms with Crippen LogP contribution in [0.1, 0.15) is 58.4 Å². The number of benzene rings is 1. The summed E-state index contributed by atoms with van der Waals surface area (Å²) in [6.07, 6.45) is 3.03. The molecule has 1 amide bonds. The van der Waals surface area contributed by atoms with Gasteiger partial charge in [-0.15, -0.1) is 0 Å². The Morgan fingerprint density at radius 3 is 2.68 bits per heavy atom. The highest BCUT2D eigenvalue weighted by atomic mass is 35.5. The minimum Gasteiger partial charge on any atom is -0.444 e. The number of nitrogens with zero attached hydrogens (tertiary/aromatic N) is 1. The van der Waals surface area contributed by atoms with E-state index in [1.807, 2.05) is 39.8 Å². The molecule has 0 heterocycles. The normalized spacial score (nSPS) is 20.0. The summed E-state index contributed by atoms with van der Waals surface area (Å²) >= 11 is 6.06. The fraction of sp³-hybridized carbons (Fsp3) is 0.650. The Hall–Kier alpha value is -1.26. The Bertz CT molecular complexity index is 565. The molecule has 5 heteroatoms. The van der Waals surface area contributed by atoms with Crippen LogP contribution in [0.3, 0.4) is 0 Å². The van der Waals surface area contributed by atoms with Crippen LogP contribution in [0.5, 0.6) is 0 Å². The lowest BCUT2D eigenvalue weighted by atomic mass is 9.76. The van der Waals surface area contributed by atoms with Gasteiger partial charge in [0.25, 0.3) is 0 Å². The first-order valence-electron chi connectivity index (χ1n) is 9.25. The van der Waals surface area contributed by atoms with Crippen LogP contribution < -0.4 is 5.32 Å². The first kappa shape index (κ1) is 20.1. The topological polar surface area (TPSA) is 41.6 Å². The summed E-state index contributed by atoms with van der Waals surface area (Å²) in [6.45, 7) is 10.00. The summed E-state index contributed by atoms with van der Waals surface area (Å²) < 4.78 is 5.43. The predicted molar refractivity (Wildman–Crippen MR) is 103 cm³/mol. The van der Waals surface area contributed by atoms with Crippen LogP contribution >= 0.6 is 11.6 Å². The summed E-state index contributed by atoms with van der Waals surface area (Å²) in [4.78, 5) is 13.9. The van der Waals surface area contributed by atoms with Crippen molar-refractivity contribution in [3.05, 3.63) is 34.9 Å². The average Bonchev–Trinajstić information content (AvgIpc) is 2.47. The Balaban J connectivity index is 1.63. The van der Waals surface area contributed by atoms with Gasteiger partial charge in [0.15, 0.2) is 0 Å². The summed E-state index contributed by atoms with van der Waals surface area (Å²) in [5.74, 6) is 0.616. The molecule has 0 bridgehead atoms. The molecule has 0 unspecified atom stereocenters. The molecule has 1 aromatic carbocycles. The summed E-state index contributed by atoms with van der Waals surface area (Å²) in [5, 5.41) is 4.40. The zero-order valence-corrected chi connectivity index (χ0v) is 16.6. The molecule has 0 aliphatic heterocycles. The maximum Gasteiger partial charge on any atom is 0.410 e. The number of rotatable bonds is 7. The molecule has 2 rings (SSSR count). The summed E-state index contributed by atoms with van der Waals surface area (Å²) in [6, 6.07) is 8.74. The Kier molecular flexibility index (Phi) is 7.14. The zero-order chi connectivity index (χ0) is 18.4. The van der Waals surface area contributed by atoms with Gasteiger partial charge in [-0.1, -0.05) is 23.7 Å². The summed E-state index contributed by atoms with van der Waals surface area (Å²) in [5.41, 5.74) is 0.900. The van der Waals surface area contributed by atoms with Crippen molar-refractivity contribution < 1.29 is 9.53 Å². The Morgan fingerprint density at radius 2 is 2.08 bits per heavy atom. The minimum atomic E-state index is -0.440. The lowest BCUT2D eigenvalue weighted by Gasteiger charge is -2.36. The molecule has 0 aromatic heterocycles. The van der Waals surface area contributed by atoms with E-state index in [-0.39, 0.29) is 6.09 Å². The lowest BCUT2D eigenvalue weighted by Crippen LogP contribution is -2.42. The van der Waals surface area contributed by atoms with Crippen LogP contribution in [0.25, 0.3) is 0 Å². The van der Waals surface area contributed by atoms with Crippen molar-refractivity contribution >= 4 is 17.7 Å². The van der Waals surface area contributed by atoms with Gasteiger partial charge >= 0.3 is 6.09 Å². The second-order valence-corrected chi connectivity index (χ2v) is 8.22. The van der Waals surface area contributed by atoms with Gasteiger partial charge in [-0.25, -0.2) is 4.79 Å². The monoisotopic (exact) mass is 366 g/mol. The first-order chi connectivity index (χ1) is 11.8. The van der Waals surface area contributed by atoms with Gasteiger partial charge in [0.2, 0.25) is 0 Å². The quantitative estimate of drug-likeness (QED) is 0.703. The number of amides is 1. The van der Waals surface area contributed by atoms with E-state index in [9.17, 15) is 4.79 Å². The van der Waals surface area contributed by atoms with Crippen LogP contribution in [0, 0.1) is 0 Å². The zero-order valence-electron chi connectivity index (χ0n) is 15.8. The van der Waals surface area contributed by atoms with E-state index < -0.39 is 5.60 Å². The minimum absolute atomic E-state index is 0.223. The molecule has 4 nitrogen and oxygen atoms in total. The highest BCUT2D eigenvalue weighted by Crippen LogP contribution is 2.37. The van der Waals surface area contributed by atoms with E-state index in [1.54, 1.807) is 4.90 Å². The molecule has 1 N–H and O–H groups in total. The van der Waals surface area contributed by atoms with Crippen LogP contribution in [0.4, 0.5) is 4.79 Å². The van der Waals surface area contributed by atoms with Crippen molar-refractivity contribution in [1.82, 2.24) is 10.2 Å². The first-order valence-corrected chi connectivity index (χ1v) is 9.63. The summed E-state index contributed by atoms with van der Waals surface area (Å²) in [7, 11) is 0. The molecule has 25 heavy (non-hydrogen) atoms.